The van der Waals surface area contributed by atoms with Gasteiger partial charge in [-0.2, -0.15) is 0 Å². The van der Waals surface area contributed by atoms with Crippen LogP contribution in [0.15, 0.2) is 36.5 Å². The molecule has 1 aromatic carbocycles. The van der Waals surface area contributed by atoms with Crippen LogP contribution in [0.4, 0.5) is 5.82 Å². The highest BCUT2D eigenvalue weighted by Gasteiger charge is 2.06. The Morgan fingerprint density at radius 1 is 1.33 bits per heavy atom. The molecule has 0 spiro atoms. The van der Waals surface area contributed by atoms with Crippen molar-refractivity contribution in [3.05, 3.63) is 47.7 Å². The van der Waals surface area contributed by atoms with Crippen LogP contribution >= 0.6 is 0 Å². The van der Waals surface area contributed by atoms with Crippen molar-refractivity contribution in [3.8, 4) is 23.5 Å². The van der Waals surface area contributed by atoms with Gasteiger partial charge in [0.15, 0.2) is 0 Å². The number of nitrogen functional groups attached to an aromatic ring is 1. The van der Waals surface area contributed by atoms with E-state index < -0.39 is 5.97 Å². The molecule has 0 unspecified atom stereocenters. The van der Waals surface area contributed by atoms with Crippen LogP contribution in [0.3, 0.4) is 0 Å². The number of hydrogen-bond donors (Lipinski definition) is 2. The standard InChI is InChI=1S/C14H10N2O2/c1-2-9-6-12(8-16-13(9)15)10-4-3-5-11(7-10)14(17)18/h1,3-8H,(H2,15,16)(H,17,18). The number of aromatic nitrogens is 1. The molecule has 0 atom stereocenters. The molecule has 0 aliphatic rings. The van der Waals surface area contributed by atoms with Crippen LogP contribution in [-0.2, 0) is 0 Å². The van der Waals surface area contributed by atoms with Crippen molar-refractivity contribution in [2.45, 2.75) is 0 Å². The summed E-state index contributed by atoms with van der Waals surface area (Å²) in [5.41, 5.74) is 7.79. The highest BCUT2D eigenvalue weighted by Crippen LogP contribution is 2.22. The van der Waals surface area contributed by atoms with Gasteiger partial charge in [-0.25, -0.2) is 9.78 Å². The molecule has 0 aliphatic heterocycles. The molecule has 0 bridgehead atoms. The fourth-order valence-electron chi connectivity index (χ4n) is 1.58. The lowest BCUT2D eigenvalue weighted by molar-refractivity contribution is 0.0697. The number of carbonyl (C=O) groups is 1. The van der Waals surface area contributed by atoms with Crippen molar-refractivity contribution in [1.82, 2.24) is 4.98 Å². The molecule has 2 rings (SSSR count). The zero-order valence-corrected chi connectivity index (χ0v) is 9.42. The molecule has 88 valence electrons. The first-order valence-electron chi connectivity index (χ1n) is 5.17. The van der Waals surface area contributed by atoms with E-state index in [0.717, 1.165) is 11.1 Å². The summed E-state index contributed by atoms with van der Waals surface area (Å²) in [6.07, 6.45) is 6.88. The number of carboxylic acids is 1. The maximum absolute atomic E-state index is 10.9. The summed E-state index contributed by atoms with van der Waals surface area (Å²) in [5.74, 6) is 1.75. The molecule has 0 aliphatic carbocycles. The molecule has 0 radical (unpaired) electrons. The van der Waals surface area contributed by atoms with Crippen LogP contribution < -0.4 is 5.73 Å². The van der Waals surface area contributed by atoms with Gasteiger partial charge in [-0.1, -0.05) is 18.1 Å². The first-order valence-corrected chi connectivity index (χ1v) is 5.17. The van der Waals surface area contributed by atoms with E-state index in [-0.39, 0.29) is 11.4 Å². The summed E-state index contributed by atoms with van der Waals surface area (Å²) < 4.78 is 0. The number of hydrogen-bond acceptors (Lipinski definition) is 3. The van der Waals surface area contributed by atoms with Gasteiger partial charge >= 0.3 is 5.97 Å². The minimum atomic E-state index is -0.975. The average molecular weight is 238 g/mol. The van der Waals surface area contributed by atoms with E-state index in [9.17, 15) is 4.79 Å². The molecule has 0 fully saturated rings. The Morgan fingerprint density at radius 3 is 2.78 bits per heavy atom. The monoisotopic (exact) mass is 238 g/mol. The quantitative estimate of drug-likeness (QED) is 0.785. The third-order valence-corrected chi connectivity index (χ3v) is 2.52. The lowest BCUT2D eigenvalue weighted by Crippen LogP contribution is -1.97. The second-order valence-electron chi connectivity index (χ2n) is 3.69. The largest absolute Gasteiger partial charge is 0.478 e. The van der Waals surface area contributed by atoms with E-state index in [1.54, 1.807) is 30.5 Å². The van der Waals surface area contributed by atoms with Gasteiger partial charge in [-0.15, -0.1) is 6.42 Å². The lowest BCUT2D eigenvalue weighted by Gasteiger charge is -2.05. The Balaban J connectivity index is 2.52. The number of rotatable bonds is 2. The SMILES string of the molecule is C#Cc1cc(-c2cccc(C(=O)O)c2)cnc1N. The molecule has 4 heteroatoms. The number of carboxylic acid groups (broad SMARTS) is 1. The Bertz CT molecular complexity index is 657. The van der Waals surface area contributed by atoms with E-state index in [1.807, 2.05) is 0 Å². The third-order valence-electron chi connectivity index (χ3n) is 2.52. The van der Waals surface area contributed by atoms with E-state index >= 15 is 0 Å². The van der Waals surface area contributed by atoms with Gasteiger partial charge in [0.05, 0.1) is 11.1 Å². The van der Waals surface area contributed by atoms with Crippen molar-refractivity contribution < 1.29 is 9.90 Å². The van der Waals surface area contributed by atoms with E-state index in [0.29, 0.717) is 5.56 Å². The number of nitrogens with zero attached hydrogens (tertiary/aromatic N) is 1. The molecular formula is C14H10N2O2. The molecule has 1 aromatic heterocycles. The first kappa shape index (κ1) is 11.7. The average Bonchev–Trinajstić information content (AvgIpc) is 2.39. The normalized spacial score (nSPS) is 9.72. The molecule has 4 nitrogen and oxygen atoms in total. The Labute approximate surface area is 104 Å². The summed E-state index contributed by atoms with van der Waals surface area (Å²) in [6, 6.07) is 8.27. The van der Waals surface area contributed by atoms with Gasteiger partial charge in [0, 0.05) is 11.8 Å². The third kappa shape index (κ3) is 2.15. The molecule has 1 heterocycles. The van der Waals surface area contributed by atoms with Crippen LogP contribution in [0.2, 0.25) is 0 Å². The van der Waals surface area contributed by atoms with E-state index in [1.165, 1.54) is 6.07 Å². The van der Waals surface area contributed by atoms with Crippen LogP contribution in [-0.4, -0.2) is 16.1 Å². The summed E-state index contributed by atoms with van der Waals surface area (Å²) >= 11 is 0. The zero-order chi connectivity index (χ0) is 13.1. The molecular weight excluding hydrogens is 228 g/mol. The summed E-state index contributed by atoms with van der Waals surface area (Å²) in [5, 5.41) is 8.93. The van der Waals surface area contributed by atoms with E-state index in [2.05, 4.69) is 10.9 Å². The highest BCUT2D eigenvalue weighted by molar-refractivity contribution is 5.89. The Hall–Kier alpha value is -2.80. The smallest absolute Gasteiger partial charge is 0.335 e. The van der Waals surface area contributed by atoms with Gasteiger partial charge in [-0.05, 0) is 23.8 Å². The van der Waals surface area contributed by atoms with Gasteiger partial charge in [0.25, 0.3) is 0 Å². The fraction of sp³-hybridized carbons (Fsp3) is 0. The minimum absolute atomic E-state index is 0.214. The number of aromatic carboxylic acids is 1. The second-order valence-corrected chi connectivity index (χ2v) is 3.69. The van der Waals surface area contributed by atoms with Crippen molar-refractivity contribution in [2.24, 2.45) is 0 Å². The molecule has 0 saturated carbocycles. The maximum atomic E-state index is 10.9. The summed E-state index contributed by atoms with van der Waals surface area (Å²) in [4.78, 5) is 14.9. The van der Waals surface area contributed by atoms with Gasteiger partial charge in [0.2, 0.25) is 0 Å². The number of nitrogens with two attached hydrogens (primary N) is 1. The predicted molar refractivity (Wildman–Crippen MR) is 69.0 cm³/mol. The maximum Gasteiger partial charge on any atom is 0.335 e. The number of benzene rings is 1. The van der Waals surface area contributed by atoms with Crippen LogP contribution in [0.1, 0.15) is 15.9 Å². The Kier molecular flexibility index (Phi) is 2.98. The molecule has 3 N–H and O–H groups in total. The second kappa shape index (κ2) is 4.60. The first-order chi connectivity index (χ1) is 8.61. The topological polar surface area (TPSA) is 76.2 Å². The highest BCUT2D eigenvalue weighted by atomic mass is 16.4. The fourth-order valence-corrected chi connectivity index (χ4v) is 1.58. The van der Waals surface area contributed by atoms with Crippen LogP contribution in [0, 0.1) is 12.3 Å². The molecule has 18 heavy (non-hydrogen) atoms. The summed E-state index contributed by atoms with van der Waals surface area (Å²) in [7, 11) is 0. The van der Waals surface area contributed by atoms with Crippen molar-refractivity contribution in [2.75, 3.05) is 5.73 Å². The summed E-state index contributed by atoms with van der Waals surface area (Å²) in [6.45, 7) is 0. The van der Waals surface area contributed by atoms with E-state index in [4.69, 9.17) is 17.3 Å². The van der Waals surface area contributed by atoms with Gasteiger partial charge < -0.3 is 10.8 Å². The van der Waals surface area contributed by atoms with Crippen molar-refractivity contribution >= 4 is 11.8 Å². The zero-order valence-electron chi connectivity index (χ0n) is 9.42. The molecule has 2 aromatic rings. The molecule has 0 amide bonds. The Morgan fingerprint density at radius 2 is 2.11 bits per heavy atom. The molecule has 0 saturated heterocycles. The van der Waals surface area contributed by atoms with Gasteiger partial charge in [-0.3, -0.25) is 0 Å². The number of pyridine rings is 1. The minimum Gasteiger partial charge on any atom is -0.478 e. The predicted octanol–water partition coefficient (Wildman–Crippen LogP) is 2.01. The van der Waals surface area contributed by atoms with Crippen LogP contribution in [0.25, 0.3) is 11.1 Å². The number of terminal acetylenes is 1. The van der Waals surface area contributed by atoms with Crippen molar-refractivity contribution in [3.63, 3.8) is 0 Å². The number of anilines is 1. The van der Waals surface area contributed by atoms with Gasteiger partial charge in [0.1, 0.15) is 5.82 Å². The lowest BCUT2D eigenvalue weighted by atomic mass is 10.0. The van der Waals surface area contributed by atoms with Crippen molar-refractivity contribution in [1.29, 1.82) is 0 Å². The van der Waals surface area contributed by atoms with Crippen LogP contribution in [0.5, 0.6) is 0 Å².